The fourth-order valence-corrected chi connectivity index (χ4v) is 2.87. The van der Waals surface area contributed by atoms with Crippen LogP contribution in [0.15, 0.2) is 30.3 Å². The van der Waals surface area contributed by atoms with E-state index in [0.29, 0.717) is 18.2 Å². The van der Waals surface area contributed by atoms with Gasteiger partial charge in [-0.1, -0.05) is 0 Å². The Balaban J connectivity index is 0.00000208. The van der Waals surface area contributed by atoms with Crippen LogP contribution in [0.25, 0.3) is 5.69 Å². The van der Waals surface area contributed by atoms with Crippen LogP contribution < -0.4 is 10.6 Å². The van der Waals surface area contributed by atoms with Gasteiger partial charge in [-0.2, -0.15) is 5.10 Å². The number of carbonyl (C=O) groups excluding carboxylic acids is 1. The summed E-state index contributed by atoms with van der Waals surface area (Å²) in [4.78, 5) is 12.2. The average Bonchev–Trinajstić information content (AvgIpc) is 3.16. The van der Waals surface area contributed by atoms with Crippen LogP contribution in [0.4, 0.5) is 10.2 Å². The zero-order valence-corrected chi connectivity index (χ0v) is 14.4. The van der Waals surface area contributed by atoms with Gasteiger partial charge < -0.3 is 10.6 Å². The molecule has 1 aliphatic rings. The number of hydrogen-bond donors (Lipinski definition) is 2. The van der Waals surface area contributed by atoms with Gasteiger partial charge >= 0.3 is 0 Å². The molecule has 1 aromatic heterocycles. The number of aryl methyl sites for hydroxylation is 1. The summed E-state index contributed by atoms with van der Waals surface area (Å²) in [6.07, 6.45) is 2.53. The molecule has 130 valence electrons. The maximum absolute atomic E-state index is 13.1. The second-order valence-corrected chi connectivity index (χ2v) is 6.00. The molecule has 1 unspecified atom stereocenters. The lowest BCUT2D eigenvalue weighted by Crippen LogP contribution is -2.17. The van der Waals surface area contributed by atoms with Gasteiger partial charge in [0.25, 0.3) is 0 Å². The molecular formula is C17H22ClFN4O. The molecule has 24 heavy (non-hydrogen) atoms. The van der Waals surface area contributed by atoms with Gasteiger partial charge in [-0.05, 0) is 63.0 Å². The van der Waals surface area contributed by atoms with E-state index >= 15 is 0 Å². The molecule has 1 saturated heterocycles. The summed E-state index contributed by atoms with van der Waals surface area (Å²) >= 11 is 0. The first kappa shape index (κ1) is 18.4. The van der Waals surface area contributed by atoms with Gasteiger partial charge in [-0.3, -0.25) is 4.79 Å². The third-order valence-corrected chi connectivity index (χ3v) is 4.11. The van der Waals surface area contributed by atoms with E-state index in [1.807, 2.05) is 13.0 Å². The van der Waals surface area contributed by atoms with Crippen LogP contribution in [0.2, 0.25) is 0 Å². The summed E-state index contributed by atoms with van der Waals surface area (Å²) in [5, 5.41) is 10.6. The van der Waals surface area contributed by atoms with Gasteiger partial charge in [0, 0.05) is 12.5 Å². The van der Waals surface area contributed by atoms with Crippen molar-refractivity contribution in [2.24, 2.45) is 5.92 Å². The number of amides is 1. The SMILES string of the molecule is Cc1cc(NC(=O)CCC2CCNC2)n(-c2ccc(F)cc2)n1.Cl. The Labute approximate surface area is 147 Å². The number of nitrogens with one attached hydrogen (secondary N) is 2. The Morgan fingerprint density at radius 1 is 1.42 bits per heavy atom. The summed E-state index contributed by atoms with van der Waals surface area (Å²) in [7, 11) is 0. The number of aromatic nitrogens is 2. The van der Waals surface area contributed by atoms with Crippen LogP contribution in [0.3, 0.4) is 0 Å². The van der Waals surface area contributed by atoms with E-state index in [2.05, 4.69) is 15.7 Å². The molecule has 1 aliphatic heterocycles. The predicted octanol–water partition coefficient (Wildman–Crippen LogP) is 3.07. The van der Waals surface area contributed by atoms with Crippen molar-refractivity contribution in [3.05, 3.63) is 41.8 Å². The first-order chi connectivity index (χ1) is 11.1. The molecule has 2 N–H and O–H groups in total. The molecule has 0 aliphatic carbocycles. The molecule has 0 radical (unpaired) electrons. The Morgan fingerprint density at radius 3 is 2.83 bits per heavy atom. The summed E-state index contributed by atoms with van der Waals surface area (Å²) in [6, 6.07) is 7.86. The molecule has 1 amide bonds. The molecule has 1 atom stereocenters. The Kier molecular flexibility index (Phi) is 6.34. The molecule has 2 heterocycles. The molecule has 0 spiro atoms. The normalized spacial score (nSPS) is 16.7. The van der Waals surface area contributed by atoms with E-state index in [0.717, 1.165) is 37.3 Å². The zero-order chi connectivity index (χ0) is 16.2. The van der Waals surface area contributed by atoms with Gasteiger partial charge in [0.1, 0.15) is 11.6 Å². The van der Waals surface area contributed by atoms with Crippen LogP contribution >= 0.6 is 12.4 Å². The first-order valence-corrected chi connectivity index (χ1v) is 7.95. The van der Waals surface area contributed by atoms with Crippen LogP contribution in [0.1, 0.15) is 25.0 Å². The largest absolute Gasteiger partial charge is 0.316 e. The van der Waals surface area contributed by atoms with E-state index in [1.165, 1.54) is 12.1 Å². The van der Waals surface area contributed by atoms with E-state index in [9.17, 15) is 9.18 Å². The fraction of sp³-hybridized carbons (Fsp3) is 0.412. The number of halogens is 2. The third-order valence-electron chi connectivity index (χ3n) is 4.11. The lowest BCUT2D eigenvalue weighted by molar-refractivity contribution is -0.116. The molecule has 1 aromatic carbocycles. The Hall–Kier alpha value is -1.92. The molecular weight excluding hydrogens is 331 g/mol. The first-order valence-electron chi connectivity index (χ1n) is 7.95. The molecule has 5 nitrogen and oxygen atoms in total. The van der Waals surface area contributed by atoms with Crippen molar-refractivity contribution in [1.29, 1.82) is 0 Å². The Bertz CT molecular complexity index is 680. The van der Waals surface area contributed by atoms with Crippen molar-refractivity contribution in [2.75, 3.05) is 18.4 Å². The van der Waals surface area contributed by atoms with E-state index < -0.39 is 0 Å². The van der Waals surface area contributed by atoms with Gasteiger partial charge in [-0.15, -0.1) is 12.4 Å². The summed E-state index contributed by atoms with van der Waals surface area (Å²) in [5.41, 5.74) is 1.51. The maximum atomic E-state index is 13.1. The number of benzene rings is 1. The lowest BCUT2D eigenvalue weighted by atomic mass is 10.0. The van der Waals surface area contributed by atoms with Gasteiger partial charge in [0.2, 0.25) is 5.91 Å². The number of anilines is 1. The van der Waals surface area contributed by atoms with E-state index in [4.69, 9.17) is 0 Å². The highest BCUT2D eigenvalue weighted by atomic mass is 35.5. The van der Waals surface area contributed by atoms with Crippen molar-refractivity contribution in [3.8, 4) is 5.69 Å². The van der Waals surface area contributed by atoms with Gasteiger partial charge in [0.15, 0.2) is 0 Å². The zero-order valence-electron chi connectivity index (χ0n) is 13.6. The molecule has 7 heteroatoms. The van der Waals surface area contributed by atoms with Crippen LogP contribution in [-0.4, -0.2) is 28.8 Å². The number of nitrogens with zero attached hydrogens (tertiary/aromatic N) is 2. The van der Waals surface area contributed by atoms with Crippen molar-refractivity contribution < 1.29 is 9.18 Å². The van der Waals surface area contributed by atoms with Gasteiger partial charge in [-0.25, -0.2) is 9.07 Å². The second-order valence-electron chi connectivity index (χ2n) is 6.00. The minimum atomic E-state index is -0.298. The molecule has 0 saturated carbocycles. The Morgan fingerprint density at radius 2 is 2.17 bits per heavy atom. The fourth-order valence-electron chi connectivity index (χ4n) is 2.87. The second kappa shape index (κ2) is 8.26. The van der Waals surface area contributed by atoms with Crippen molar-refractivity contribution >= 4 is 24.1 Å². The minimum Gasteiger partial charge on any atom is -0.316 e. The monoisotopic (exact) mass is 352 g/mol. The molecule has 3 rings (SSSR count). The highest BCUT2D eigenvalue weighted by Crippen LogP contribution is 2.19. The molecule has 2 aromatic rings. The summed E-state index contributed by atoms with van der Waals surface area (Å²) in [6.45, 7) is 3.91. The smallest absolute Gasteiger partial charge is 0.225 e. The summed E-state index contributed by atoms with van der Waals surface area (Å²) < 4.78 is 14.7. The van der Waals surface area contributed by atoms with Crippen LogP contribution in [-0.2, 0) is 4.79 Å². The average molecular weight is 353 g/mol. The number of carbonyl (C=O) groups is 1. The standard InChI is InChI=1S/C17H21FN4O.ClH/c1-12-10-16(20-17(23)7-2-13-8-9-19-11-13)22(21-12)15-5-3-14(18)4-6-15;/h3-6,10,13,19H,2,7-9,11H2,1H3,(H,20,23);1H. The molecule has 1 fully saturated rings. The third kappa shape index (κ3) is 4.55. The van der Waals surface area contributed by atoms with E-state index in [1.54, 1.807) is 16.8 Å². The van der Waals surface area contributed by atoms with Crippen LogP contribution in [0, 0.1) is 18.7 Å². The highest BCUT2D eigenvalue weighted by Gasteiger charge is 2.17. The van der Waals surface area contributed by atoms with E-state index in [-0.39, 0.29) is 24.1 Å². The summed E-state index contributed by atoms with van der Waals surface area (Å²) in [5.74, 6) is 0.890. The van der Waals surface area contributed by atoms with Crippen LogP contribution in [0.5, 0.6) is 0 Å². The molecule has 0 bridgehead atoms. The number of hydrogen-bond acceptors (Lipinski definition) is 3. The maximum Gasteiger partial charge on any atom is 0.225 e. The number of rotatable bonds is 5. The highest BCUT2D eigenvalue weighted by molar-refractivity contribution is 5.90. The quantitative estimate of drug-likeness (QED) is 0.869. The minimum absolute atomic E-state index is 0. The van der Waals surface area contributed by atoms with Crippen molar-refractivity contribution in [2.45, 2.75) is 26.2 Å². The topological polar surface area (TPSA) is 59.0 Å². The van der Waals surface area contributed by atoms with Gasteiger partial charge in [0.05, 0.1) is 11.4 Å². The lowest BCUT2D eigenvalue weighted by Gasteiger charge is -2.10. The predicted molar refractivity (Wildman–Crippen MR) is 94.3 cm³/mol. The van der Waals surface area contributed by atoms with Crippen molar-refractivity contribution in [3.63, 3.8) is 0 Å². The van der Waals surface area contributed by atoms with Crippen molar-refractivity contribution in [1.82, 2.24) is 15.1 Å².